The zero-order chi connectivity index (χ0) is 33.0. The smallest absolute Gasteiger partial charge is 0.415 e. The normalized spacial score (nSPS) is 23.1. The van der Waals surface area contributed by atoms with E-state index in [1.807, 2.05) is 17.0 Å². The van der Waals surface area contributed by atoms with Crippen LogP contribution in [0.3, 0.4) is 0 Å². The highest BCUT2D eigenvalue weighted by Crippen LogP contribution is 2.41. The van der Waals surface area contributed by atoms with Crippen LogP contribution in [0, 0.1) is 11.8 Å². The molecule has 1 N–H and O–H groups in total. The molecule has 2 saturated heterocycles. The van der Waals surface area contributed by atoms with Gasteiger partial charge in [-0.1, -0.05) is 27.7 Å². The largest absolute Gasteiger partial charge is 0.458 e. The molecule has 0 saturated carbocycles. The number of aryl methyl sites for hydroxylation is 1. The second kappa shape index (κ2) is 12.4. The number of aromatic nitrogens is 2. The zero-order valence-corrected chi connectivity index (χ0v) is 28.0. The summed E-state index contributed by atoms with van der Waals surface area (Å²) >= 11 is 0. The van der Waals surface area contributed by atoms with Crippen molar-refractivity contribution >= 4 is 23.0 Å². The summed E-state index contributed by atoms with van der Waals surface area (Å²) in [6.07, 6.45) is 6.28. The van der Waals surface area contributed by atoms with E-state index < -0.39 is 11.6 Å². The van der Waals surface area contributed by atoms with Crippen molar-refractivity contribution in [3.8, 4) is 17.1 Å². The number of likely N-dealkylation sites (tertiary alicyclic amines) is 2. The Labute approximate surface area is 275 Å². The highest BCUT2D eigenvalue weighted by Gasteiger charge is 2.45. The summed E-state index contributed by atoms with van der Waals surface area (Å²) in [5.41, 5.74) is 2.39. The lowest BCUT2D eigenvalue weighted by Crippen LogP contribution is -2.50. The maximum Gasteiger partial charge on any atom is 0.415 e. The molecule has 2 fully saturated rings. The predicted molar refractivity (Wildman–Crippen MR) is 178 cm³/mol. The van der Waals surface area contributed by atoms with Gasteiger partial charge in [-0.25, -0.2) is 14.6 Å². The van der Waals surface area contributed by atoms with Gasteiger partial charge in [-0.2, -0.15) is 0 Å². The number of hydrogen-bond acceptors (Lipinski definition) is 8. The quantitative estimate of drug-likeness (QED) is 0.280. The van der Waals surface area contributed by atoms with E-state index in [2.05, 4.69) is 25.7 Å². The van der Waals surface area contributed by atoms with Gasteiger partial charge >= 0.3 is 12.1 Å². The third-order valence-electron chi connectivity index (χ3n) is 10.9. The SMILES string of the molecule is CCc1c2c(nc3ccc(OC(=O)N4CCC(N5CCCC(CC(C)C)C5)CC4)cc13)-c1cc3c(c(=O)n1C2)COC(=O)C3(O)CC. The number of hydrogen-bond donors (Lipinski definition) is 1. The molecule has 3 aromatic rings. The third kappa shape index (κ3) is 5.53. The van der Waals surface area contributed by atoms with Crippen molar-refractivity contribution in [1.29, 1.82) is 0 Å². The van der Waals surface area contributed by atoms with E-state index in [4.69, 9.17) is 14.5 Å². The molecule has 1 amide bonds. The number of carbonyl (C=O) groups is 2. The van der Waals surface area contributed by atoms with Crippen LogP contribution in [0.4, 0.5) is 4.79 Å². The predicted octanol–water partition coefficient (Wildman–Crippen LogP) is 5.36. The minimum atomic E-state index is -1.87. The van der Waals surface area contributed by atoms with Crippen LogP contribution in [0.2, 0.25) is 0 Å². The Bertz CT molecular complexity index is 1790. The monoisotopic (exact) mass is 642 g/mol. The van der Waals surface area contributed by atoms with Crippen LogP contribution in [0.25, 0.3) is 22.3 Å². The number of pyridine rings is 2. The lowest BCUT2D eigenvalue weighted by molar-refractivity contribution is -0.172. The Morgan fingerprint density at radius 2 is 1.89 bits per heavy atom. The number of amides is 1. The highest BCUT2D eigenvalue weighted by molar-refractivity contribution is 5.90. The molecule has 4 aliphatic rings. The average molecular weight is 643 g/mol. The maximum absolute atomic E-state index is 13.6. The van der Waals surface area contributed by atoms with E-state index in [0.717, 1.165) is 53.3 Å². The van der Waals surface area contributed by atoms with Gasteiger partial charge in [0, 0.05) is 42.2 Å². The third-order valence-corrected chi connectivity index (χ3v) is 10.9. The Hall–Kier alpha value is -3.76. The summed E-state index contributed by atoms with van der Waals surface area (Å²) in [5.74, 6) is 1.25. The van der Waals surface area contributed by atoms with Gasteiger partial charge in [0.05, 0.1) is 29.0 Å². The van der Waals surface area contributed by atoms with Crippen LogP contribution in [0.15, 0.2) is 29.1 Å². The molecule has 7 rings (SSSR count). The second-order valence-electron chi connectivity index (χ2n) is 14.3. The first kappa shape index (κ1) is 31.8. The van der Waals surface area contributed by atoms with Crippen molar-refractivity contribution in [2.45, 2.75) is 97.4 Å². The number of esters is 1. The summed E-state index contributed by atoms with van der Waals surface area (Å²) in [4.78, 5) is 48.9. The highest BCUT2D eigenvalue weighted by atomic mass is 16.6. The summed E-state index contributed by atoms with van der Waals surface area (Å²) < 4.78 is 12.8. The van der Waals surface area contributed by atoms with E-state index in [1.165, 1.54) is 25.8 Å². The standard InChI is InChI=1S/C37H46N4O6/c1-5-26-27-17-25(47-36(44)39-14-11-24(12-15-39)40-13-7-8-23(19-40)16-22(3)4)9-10-31(27)38-33-28(26)20-41-32(33)18-30-29(34(41)42)21-46-35(43)37(30,45)6-2/h9-10,17-18,22-24,45H,5-8,11-16,19-21H2,1-4H3. The molecule has 0 radical (unpaired) electrons. The molecule has 0 spiro atoms. The van der Waals surface area contributed by atoms with Gasteiger partial charge < -0.3 is 24.0 Å². The van der Waals surface area contributed by atoms with E-state index in [-0.39, 0.29) is 24.7 Å². The van der Waals surface area contributed by atoms with Crippen LogP contribution >= 0.6 is 0 Å². The number of aliphatic hydroxyl groups is 1. The molecular weight excluding hydrogens is 596 g/mol. The molecule has 4 aliphatic heterocycles. The van der Waals surface area contributed by atoms with Crippen molar-refractivity contribution in [3.63, 3.8) is 0 Å². The topological polar surface area (TPSA) is 114 Å². The minimum absolute atomic E-state index is 0.0940. The van der Waals surface area contributed by atoms with Crippen LogP contribution in [0.5, 0.6) is 5.75 Å². The number of carbonyl (C=O) groups excluding carboxylic acids is 2. The van der Waals surface area contributed by atoms with Crippen LogP contribution < -0.4 is 10.3 Å². The lowest BCUT2D eigenvalue weighted by atomic mass is 9.86. The molecule has 10 heteroatoms. The second-order valence-corrected chi connectivity index (χ2v) is 14.3. The van der Waals surface area contributed by atoms with E-state index >= 15 is 0 Å². The Balaban J connectivity index is 1.09. The summed E-state index contributed by atoms with van der Waals surface area (Å²) in [5, 5.41) is 12.1. The molecule has 47 heavy (non-hydrogen) atoms. The van der Waals surface area contributed by atoms with Crippen molar-refractivity contribution in [2.75, 3.05) is 26.2 Å². The Morgan fingerprint density at radius 3 is 2.62 bits per heavy atom. The van der Waals surface area contributed by atoms with Crippen LogP contribution in [0.1, 0.15) is 88.5 Å². The van der Waals surface area contributed by atoms with Crippen LogP contribution in [-0.4, -0.2) is 68.7 Å². The fraction of sp³-hybridized carbons (Fsp3) is 0.568. The van der Waals surface area contributed by atoms with Gasteiger partial charge in [0.25, 0.3) is 5.56 Å². The van der Waals surface area contributed by atoms with Gasteiger partial charge in [-0.05, 0) is 93.2 Å². The molecule has 0 bridgehead atoms. The Kier molecular flexibility index (Phi) is 8.37. The molecule has 2 aromatic heterocycles. The zero-order valence-electron chi connectivity index (χ0n) is 28.0. The summed E-state index contributed by atoms with van der Waals surface area (Å²) in [6.45, 7) is 12.3. The molecule has 2 atom stereocenters. The fourth-order valence-corrected chi connectivity index (χ4v) is 8.48. The summed E-state index contributed by atoms with van der Waals surface area (Å²) in [6, 6.07) is 7.77. The van der Waals surface area contributed by atoms with E-state index in [9.17, 15) is 19.5 Å². The van der Waals surface area contributed by atoms with Gasteiger partial charge in [-0.15, -0.1) is 0 Å². The minimum Gasteiger partial charge on any atom is -0.458 e. The van der Waals surface area contributed by atoms with Crippen LogP contribution in [-0.2, 0) is 34.7 Å². The molecule has 0 aliphatic carbocycles. The first-order chi connectivity index (χ1) is 22.6. The molecule has 10 nitrogen and oxygen atoms in total. The van der Waals surface area contributed by atoms with Gasteiger partial charge in [0.15, 0.2) is 5.60 Å². The van der Waals surface area contributed by atoms with Gasteiger partial charge in [0.1, 0.15) is 12.4 Å². The lowest BCUT2D eigenvalue weighted by Gasteiger charge is -2.42. The Morgan fingerprint density at radius 1 is 1.11 bits per heavy atom. The van der Waals surface area contributed by atoms with Gasteiger partial charge in [0.2, 0.25) is 0 Å². The van der Waals surface area contributed by atoms with Crippen molar-refractivity contribution in [2.24, 2.45) is 11.8 Å². The maximum atomic E-state index is 13.6. The number of cyclic esters (lactones) is 1. The molecule has 6 heterocycles. The first-order valence-electron chi connectivity index (χ1n) is 17.4. The molecule has 1 aromatic carbocycles. The number of fused-ring (bicyclic) bond motifs is 5. The van der Waals surface area contributed by atoms with Crippen molar-refractivity contribution < 1.29 is 24.2 Å². The van der Waals surface area contributed by atoms with Crippen molar-refractivity contribution in [3.05, 3.63) is 56.9 Å². The number of rotatable bonds is 6. The number of piperidine rings is 2. The van der Waals surface area contributed by atoms with Crippen molar-refractivity contribution in [1.82, 2.24) is 19.4 Å². The average Bonchev–Trinajstić information content (AvgIpc) is 3.44. The molecule has 250 valence electrons. The number of ether oxygens (including phenoxy) is 2. The number of benzene rings is 1. The molecule has 2 unspecified atom stereocenters. The summed E-state index contributed by atoms with van der Waals surface area (Å²) in [7, 11) is 0. The van der Waals surface area contributed by atoms with E-state index in [0.29, 0.717) is 60.4 Å². The molecular formula is C37H46N4O6. The number of nitrogens with zero attached hydrogens (tertiary/aromatic N) is 4. The van der Waals surface area contributed by atoms with E-state index in [1.54, 1.807) is 23.6 Å². The van der Waals surface area contributed by atoms with Gasteiger partial charge in [-0.3, -0.25) is 9.69 Å². The first-order valence-corrected chi connectivity index (χ1v) is 17.4. The fourth-order valence-electron chi connectivity index (χ4n) is 8.48.